The Hall–Kier alpha value is -2.98. The summed E-state index contributed by atoms with van der Waals surface area (Å²) < 4.78 is 31.7. The van der Waals surface area contributed by atoms with Crippen LogP contribution in [0.2, 0.25) is 0 Å². The fraction of sp³-hybridized carbons (Fsp3) is 0.318. The molecule has 3 aromatic rings. The third-order valence-corrected chi connectivity index (χ3v) is 7.61. The molecule has 2 aromatic carbocycles. The largest absolute Gasteiger partial charge is 0.452 e. The van der Waals surface area contributed by atoms with Crippen LogP contribution in [0.15, 0.2) is 42.5 Å². The standard InChI is InChI=1S/C22H23N3O5S2/c1-4-24(22-23-17-7-5-6-8-19(17)31-22)20(26)13-30-21(27)15-9-10-18-16(12-15)11-14(2)25(18)32(3,28)29/h5-10,12,14H,4,11,13H2,1-3H3. The zero-order valence-electron chi connectivity index (χ0n) is 17.9. The second-order valence-electron chi connectivity index (χ2n) is 7.63. The topological polar surface area (TPSA) is 96.9 Å². The SMILES string of the molecule is CCN(C(=O)COC(=O)c1ccc2c(c1)CC(C)N2S(C)(=O)=O)c1nc2ccccc2s1. The Bertz CT molecular complexity index is 1270. The first-order chi connectivity index (χ1) is 15.2. The van der Waals surface area contributed by atoms with Gasteiger partial charge < -0.3 is 4.74 Å². The predicted octanol–water partition coefficient (Wildman–Crippen LogP) is 3.22. The zero-order valence-corrected chi connectivity index (χ0v) is 19.6. The van der Waals surface area contributed by atoms with Gasteiger partial charge in [0.1, 0.15) is 0 Å². The number of anilines is 2. The van der Waals surface area contributed by atoms with E-state index in [2.05, 4.69) is 4.98 Å². The van der Waals surface area contributed by atoms with Gasteiger partial charge in [0.25, 0.3) is 5.91 Å². The van der Waals surface area contributed by atoms with Gasteiger partial charge >= 0.3 is 5.97 Å². The van der Waals surface area contributed by atoms with Crippen molar-refractivity contribution in [2.75, 3.05) is 28.6 Å². The summed E-state index contributed by atoms with van der Waals surface area (Å²) in [5, 5.41) is 0.558. The highest BCUT2D eigenvalue weighted by Gasteiger charge is 2.33. The molecule has 0 saturated carbocycles. The molecule has 8 nitrogen and oxygen atoms in total. The smallest absolute Gasteiger partial charge is 0.338 e. The van der Waals surface area contributed by atoms with E-state index in [-0.39, 0.29) is 17.5 Å². The Morgan fingerprint density at radius 1 is 1.25 bits per heavy atom. The first-order valence-corrected chi connectivity index (χ1v) is 12.8. The third kappa shape index (κ3) is 4.20. The number of likely N-dealkylation sites (N-methyl/N-ethyl adjacent to an activating group) is 1. The Kier molecular flexibility index (Phi) is 5.91. The number of para-hydroxylation sites is 1. The van der Waals surface area contributed by atoms with Gasteiger partial charge in [-0.3, -0.25) is 14.0 Å². The number of fused-ring (bicyclic) bond motifs is 2. The monoisotopic (exact) mass is 473 g/mol. The Morgan fingerprint density at radius 3 is 2.69 bits per heavy atom. The highest BCUT2D eigenvalue weighted by atomic mass is 32.2. The van der Waals surface area contributed by atoms with Crippen molar-refractivity contribution in [3.05, 3.63) is 53.6 Å². The molecule has 0 radical (unpaired) electrons. The Morgan fingerprint density at radius 2 is 2.00 bits per heavy atom. The highest BCUT2D eigenvalue weighted by Crippen LogP contribution is 2.35. The van der Waals surface area contributed by atoms with Crippen molar-refractivity contribution in [1.82, 2.24) is 4.98 Å². The van der Waals surface area contributed by atoms with Crippen molar-refractivity contribution in [1.29, 1.82) is 0 Å². The summed E-state index contributed by atoms with van der Waals surface area (Å²) >= 11 is 1.40. The van der Waals surface area contributed by atoms with E-state index in [9.17, 15) is 18.0 Å². The summed E-state index contributed by atoms with van der Waals surface area (Å²) in [6.45, 7) is 3.64. The number of hydrogen-bond acceptors (Lipinski definition) is 7. The summed E-state index contributed by atoms with van der Waals surface area (Å²) in [7, 11) is -3.41. The van der Waals surface area contributed by atoms with Gasteiger partial charge in [-0.05, 0) is 56.2 Å². The van der Waals surface area contributed by atoms with Crippen LogP contribution >= 0.6 is 11.3 Å². The van der Waals surface area contributed by atoms with E-state index in [1.54, 1.807) is 12.1 Å². The lowest BCUT2D eigenvalue weighted by Gasteiger charge is -2.21. The molecule has 10 heteroatoms. The van der Waals surface area contributed by atoms with Crippen LogP contribution in [0.25, 0.3) is 10.2 Å². The molecule has 32 heavy (non-hydrogen) atoms. The number of carbonyl (C=O) groups is 2. The van der Waals surface area contributed by atoms with Crippen molar-refractivity contribution in [2.24, 2.45) is 0 Å². The number of thiazole rings is 1. The molecular weight excluding hydrogens is 450 g/mol. The van der Waals surface area contributed by atoms with E-state index in [1.807, 2.05) is 38.1 Å². The average molecular weight is 474 g/mol. The summed E-state index contributed by atoms with van der Waals surface area (Å²) in [5.41, 5.74) is 2.42. The van der Waals surface area contributed by atoms with Gasteiger partial charge in [-0.1, -0.05) is 23.5 Å². The first kappa shape index (κ1) is 22.2. The Balaban J connectivity index is 1.45. The molecule has 1 amide bonds. The maximum Gasteiger partial charge on any atom is 0.338 e. The molecule has 2 heterocycles. The van der Waals surface area contributed by atoms with Crippen LogP contribution in [0.1, 0.15) is 29.8 Å². The fourth-order valence-corrected chi connectivity index (χ4v) is 6.23. The fourth-order valence-electron chi connectivity index (χ4n) is 3.92. The Labute approximate surface area is 190 Å². The van der Waals surface area contributed by atoms with Gasteiger partial charge in [-0.2, -0.15) is 0 Å². The number of nitrogens with zero attached hydrogens (tertiary/aromatic N) is 3. The molecule has 168 valence electrons. The van der Waals surface area contributed by atoms with Gasteiger partial charge in [0.05, 0.1) is 27.7 Å². The van der Waals surface area contributed by atoms with Crippen molar-refractivity contribution in [2.45, 2.75) is 26.3 Å². The van der Waals surface area contributed by atoms with E-state index in [4.69, 9.17) is 4.74 Å². The second kappa shape index (κ2) is 8.51. The minimum atomic E-state index is -3.41. The summed E-state index contributed by atoms with van der Waals surface area (Å²) in [4.78, 5) is 31.3. The number of esters is 1. The van der Waals surface area contributed by atoms with Crippen LogP contribution < -0.4 is 9.21 Å². The molecule has 1 atom stereocenters. The zero-order chi connectivity index (χ0) is 23.0. The van der Waals surface area contributed by atoms with Crippen LogP contribution in [0.5, 0.6) is 0 Å². The normalized spacial score (nSPS) is 15.6. The minimum absolute atomic E-state index is 0.222. The summed E-state index contributed by atoms with van der Waals surface area (Å²) in [6.07, 6.45) is 1.67. The minimum Gasteiger partial charge on any atom is -0.452 e. The van der Waals surface area contributed by atoms with Crippen LogP contribution in [-0.4, -0.2) is 50.7 Å². The highest BCUT2D eigenvalue weighted by molar-refractivity contribution is 7.92. The van der Waals surface area contributed by atoms with Gasteiger partial charge in [-0.25, -0.2) is 18.2 Å². The van der Waals surface area contributed by atoms with E-state index in [0.29, 0.717) is 23.8 Å². The quantitative estimate of drug-likeness (QED) is 0.510. The molecule has 1 aliphatic heterocycles. The van der Waals surface area contributed by atoms with Gasteiger partial charge in [-0.15, -0.1) is 0 Å². The molecule has 0 bridgehead atoms. The van der Waals surface area contributed by atoms with Crippen molar-refractivity contribution in [3.63, 3.8) is 0 Å². The maximum absolute atomic E-state index is 12.7. The molecule has 1 aliphatic rings. The molecule has 0 spiro atoms. The first-order valence-electron chi connectivity index (χ1n) is 10.1. The third-order valence-electron chi connectivity index (χ3n) is 5.28. The van der Waals surface area contributed by atoms with E-state index >= 15 is 0 Å². The van der Waals surface area contributed by atoms with E-state index < -0.39 is 22.6 Å². The second-order valence-corrected chi connectivity index (χ2v) is 10.5. The van der Waals surface area contributed by atoms with Gasteiger partial charge in [0.15, 0.2) is 11.7 Å². The van der Waals surface area contributed by atoms with Gasteiger partial charge in [0, 0.05) is 12.6 Å². The predicted molar refractivity (Wildman–Crippen MR) is 125 cm³/mol. The number of rotatable bonds is 6. The van der Waals surface area contributed by atoms with Gasteiger partial charge in [0.2, 0.25) is 10.0 Å². The van der Waals surface area contributed by atoms with Crippen LogP contribution in [-0.2, 0) is 26.0 Å². The summed E-state index contributed by atoms with van der Waals surface area (Å²) in [5.74, 6) is -0.995. The molecule has 4 rings (SSSR count). The molecule has 0 saturated heterocycles. The van der Waals surface area contributed by atoms with Crippen molar-refractivity contribution < 1.29 is 22.7 Å². The molecule has 0 fully saturated rings. The van der Waals surface area contributed by atoms with E-state index in [0.717, 1.165) is 22.0 Å². The molecule has 0 N–H and O–H groups in total. The van der Waals surface area contributed by atoms with E-state index in [1.165, 1.54) is 26.6 Å². The summed E-state index contributed by atoms with van der Waals surface area (Å²) in [6, 6.07) is 12.2. The lowest BCUT2D eigenvalue weighted by atomic mass is 10.1. The number of ether oxygens (including phenoxy) is 1. The van der Waals surface area contributed by atoms with Crippen molar-refractivity contribution in [3.8, 4) is 0 Å². The molecule has 1 unspecified atom stereocenters. The number of hydrogen-bond donors (Lipinski definition) is 0. The lowest BCUT2D eigenvalue weighted by Crippen LogP contribution is -2.34. The molecule has 1 aromatic heterocycles. The number of sulfonamides is 1. The van der Waals surface area contributed by atoms with Crippen molar-refractivity contribution >= 4 is 54.3 Å². The number of amides is 1. The number of benzene rings is 2. The van der Waals surface area contributed by atoms with Crippen LogP contribution in [0, 0.1) is 0 Å². The maximum atomic E-state index is 12.7. The number of carbonyl (C=O) groups excluding carboxylic acids is 2. The van der Waals surface area contributed by atoms with Crippen LogP contribution in [0.4, 0.5) is 10.8 Å². The lowest BCUT2D eigenvalue weighted by molar-refractivity contribution is -0.121. The number of aromatic nitrogens is 1. The molecule has 0 aliphatic carbocycles. The average Bonchev–Trinajstić information content (AvgIpc) is 3.31. The molecular formula is C22H23N3O5S2. The van der Waals surface area contributed by atoms with Crippen LogP contribution in [0.3, 0.4) is 0 Å².